The van der Waals surface area contributed by atoms with Gasteiger partial charge in [0, 0.05) is 0 Å². The molecule has 1 atom stereocenters. The van der Waals surface area contributed by atoms with E-state index in [4.69, 9.17) is 5.11 Å². The number of hydrogen-bond acceptors (Lipinski definition) is 4. The number of hydrogen-bond donors (Lipinski definition) is 2. The van der Waals surface area contributed by atoms with Gasteiger partial charge in [0.05, 0.1) is 13.2 Å². The van der Waals surface area contributed by atoms with Gasteiger partial charge < -0.3 is 15.2 Å². The maximum absolute atomic E-state index is 11.2. The van der Waals surface area contributed by atoms with Crippen molar-refractivity contribution < 1.29 is 24.2 Å². The molecular formula is C8H12N2O5. The third kappa shape index (κ3) is 2.58. The van der Waals surface area contributed by atoms with Gasteiger partial charge in [-0.05, 0) is 6.92 Å². The summed E-state index contributed by atoms with van der Waals surface area (Å²) in [5, 5.41) is 11.1. The molecule has 7 nitrogen and oxygen atoms in total. The highest BCUT2D eigenvalue weighted by Gasteiger charge is 2.37. The van der Waals surface area contributed by atoms with Gasteiger partial charge in [0.15, 0.2) is 0 Å². The maximum Gasteiger partial charge on any atom is 0.328 e. The zero-order chi connectivity index (χ0) is 11.4. The first-order chi connectivity index (χ1) is 7.06. The highest BCUT2D eigenvalue weighted by Crippen LogP contribution is 2.07. The van der Waals surface area contributed by atoms with E-state index in [1.165, 1.54) is 0 Å². The van der Waals surface area contributed by atoms with E-state index in [9.17, 15) is 14.4 Å². The molecule has 15 heavy (non-hydrogen) atoms. The maximum atomic E-state index is 11.2. The number of esters is 1. The predicted molar refractivity (Wildman–Crippen MR) is 48.2 cm³/mol. The summed E-state index contributed by atoms with van der Waals surface area (Å²) < 4.78 is 4.63. The van der Waals surface area contributed by atoms with Crippen LogP contribution in [0.4, 0.5) is 4.79 Å². The molecule has 7 heteroatoms. The van der Waals surface area contributed by atoms with Crippen LogP contribution in [0.1, 0.15) is 6.92 Å². The van der Waals surface area contributed by atoms with E-state index >= 15 is 0 Å². The smallest absolute Gasteiger partial charge is 0.328 e. The molecule has 1 aliphatic rings. The second-order valence-electron chi connectivity index (χ2n) is 2.97. The summed E-state index contributed by atoms with van der Waals surface area (Å²) in [6, 6.07) is -1.56. The number of amides is 2. The fourth-order valence-electron chi connectivity index (χ4n) is 1.29. The minimum atomic E-state index is -1.14. The summed E-state index contributed by atoms with van der Waals surface area (Å²) >= 11 is 0. The highest BCUT2D eigenvalue weighted by atomic mass is 16.5. The number of carboxylic acids is 1. The molecule has 1 fully saturated rings. The van der Waals surface area contributed by atoms with E-state index in [1.54, 1.807) is 6.92 Å². The first kappa shape index (κ1) is 11.3. The normalized spacial score (nSPS) is 19.9. The molecule has 1 saturated heterocycles. The molecule has 0 aromatic heterocycles. The number of carboxylic acid groups (broad SMARTS) is 1. The number of carbonyl (C=O) groups is 3. The number of urea groups is 1. The number of carbonyl (C=O) groups excluding carboxylic acids is 2. The van der Waals surface area contributed by atoms with E-state index in [2.05, 4.69) is 10.1 Å². The molecule has 0 aromatic rings. The summed E-state index contributed by atoms with van der Waals surface area (Å²) in [5.41, 5.74) is 0. The van der Waals surface area contributed by atoms with Crippen molar-refractivity contribution in [2.24, 2.45) is 0 Å². The molecule has 1 aliphatic heterocycles. The summed E-state index contributed by atoms with van der Waals surface area (Å²) in [4.78, 5) is 33.9. The second kappa shape index (κ2) is 4.63. The number of nitrogens with one attached hydrogen (secondary N) is 1. The van der Waals surface area contributed by atoms with Crippen LogP contribution >= 0.6 is 0 Å². The number of aliphatic carboxylic acids is 1. The van der Waals surface area contributed by atoms with Crippen LogP contribution < -0.4 is 5.32 Å². The third-order valence-corrected chi connectivity index (χ3v) is 1.97. The summed E-state index contributed by atoms with van der Waals surface area (Å²) in [7, 11) is 0. The molecule has 0 spiro atoms. The summed E-state index contributed by atoms with van der Waals surface area (Å²) in [6.07, 6.45) is 0. The quantitative estimate of drug-likeness (QED) is 0.589. The van der Waals surface area contributed by atoms with Crippen molar-refractivity contribution in [2.45, 2.75) is 13.0 Å². The number of nitrogens with zero attached hydrogens (tertiary/aromatic N) is 1. The fraction of sp³-hybridized carbons (Fsp3) is 0.625. The lowest BCUT2D eigenvalue weighted by Crippen LogP contribution is -2.43. The van der Waals surface area contributed by atoms with Crippen molar-refractivity contribution in [2.75, 3.05) is 19.7 Å². The van der Waals surface area contributed by atoms with Crippen LogP contribution in [0.3, 0.4) is 0 Å². The van der Waals surface area contributed by atoms with Crippen molar-refractivity contribution >= 4 is 18.0 Å². The first-order valence-electron chi connectivity index (χ1n) is 4.49. The van der Waals surface area contributed by atoms with Crippen LogP contribution in [0.2, 0.25) is 0 Å². The van der Waals surface area contributed by atoms with Gasteiger partial charge in [-0.1, -0.05) is 0 Å². The Morgan fingerprint density at radius 1 is 1.67 bits per heavy atom. The zero-order valence-corrected chi connectivity index (χ0v) is 8.23. The molecule has 2 N–H and O–H groups in total. The third-order valence-electron chi connectivity index (χ3n) is 1.97. The average Bonchev–Trinajstić information content (AvgIpc) is 2.48. The Morgan fingerprint density at radius 2 is 2.33 bits per heavy atom. The molecule has 84 valence electrons. The first-order valence-corrected chi connectivity index (χ1v) is 4.49. The van der Waals surface area contributed by atoms with Crippen LogP contribution in [-0.4, -0.2) is 53.7 Å². The zero-order valence-electron chi connectivity index (χ0n) is 8.23. The van der Waals surface area contributed by atoms with E-state index in [1.807, 2.05) is 0 Å². The van der Waals surface area contributed by atoms with E-state index in [0.29, 0.717) is 0 Å². The van der Waals surface area contributed by atoms with Crippen molar-refractivity contribution in [3.8, 4) is 0 Å². The molecule has 1 rings (SSSR count). The van der Waals surface area contributed by atoms with Gasteiger partial charge in [0.1, 0.15) is 12.6 Å². The van der Waals surface area contributed by atoms with Gasteiger partial charge in [-0.2, -0.15) is 0 Å². The van der Waals surface area contributed by atoms with E-state index in [0.717, 1.165) is 4.90 Å². The van der Waals surface area contributed by atoms with Gasteiger partial charge in [0.25, 0.3) is 0 Å². The van der Waals surface area contributed by atoms with Crippen LogP contribution in [0.5, 0.6) is 0 Å². The minimum Gasteiger partial charge on any atom is -0.480 e. The van der Waals surface area contributed by atoms with Gasteiger partial charge in [-0.25, -0.2) is 9.59 Å². The Hall–Kier alpha value is -1.79. The van der Waals surface area contributed by atoms with Gasteiger partial charge in [0.2, 0.25) is 0 Å². The molecular weight excluding hydrogens is 204 g/mol. The number of ether oxygens (including phenoxy) is 1. The second-order valence-corrected chi connectivity index (χ2v) is 2.97. The Balaban J connectivity index is 2.60. The Morgan fingerprint density at radius 3 is 2.87 bits per heavy atom. The van der Waals surface area contributed by atoms with Crippen LogP contribution in [0, 0.1) is 0 Å². The lowest BCUT2D eigenvalue weighted by Gasteiger charge is -2.18. The topological polar surface area (TPSA) is 95.9 Å². The lowest BCUT2D eigenvalue weighted by atomic mass is 10.3. The van der Waals surface area contributed by atoms with E-state index < -0.39 is 24.0 Å². The molecule has 0 saturated carbocycles. The minimum absolute atomic E-state index is 0.00751. The van der Waals surface area contributed by atoms with Crippen LogP contribution in [0.15, 0.2) is 0 Å². The Kier molecular flexibility index (Phi) is 3.48. The summed E-state index contributed by atoms with van der Waals surface area (Å²) in [6.45, 7) is 1.51. The van der Waals surface area contributed by atoms with E-state index in [-0.39, 0.29) is 19.7 Å². The van der Waals surface area contributed by atoms with Crippen molar-refractivity contribution in [1.82, 2.24) is 10.2 Å². The monoisotopic (exact) mass is 216 g/mol. The molecule has 0 unspecified atom stereocenters. The number of rotatable bonds is 4. The van der Waals surface area contributed by atoms with Gasteiger partial charge in [-0.15, -0.1) is 0 Å². The van der Waals surface area contributed by atoms with Crippen LogP contribution in [-0.2, 0) is 14.3 Å². The van der Waals surface area contributed by atoms with Crippen molar-refractivity contribution in [3.05, 3.63) is 0 Å². The highest BCUT2D eigenvalue weighted by molar-refractivity contribution is 5.89. The summed E-state index contributed by atoms with van der Waals surface area (Å²) in [5.74, 6) is -1.75. The predicted octanol–water partition coefficient (Wildman–Crippen LogP) is -0.972. The Labute approximate surface area is 86.0 Å². The molecule has 0 radical (unpaired) electrons. The fourth-order valence-corrected chi connectivity index (χ4v) is 1.29. The molecule has 2 amide bonds. The largest absolute Gasteiger partial charge is 0.480 e. The SMILES string of the molecule is CCOC(=O)CN1C(=O)NC[C@H]1C(=O)O. The molecule has 0 aliphatic carbocycles. The van der Waals surface area contributed by atoms with Gasteiger partial charge >= 0.3 is 18.0 Å². The molecule has 0 bridgehead atoms. The molecule has 1 heterocycles. The Bertz CT molecular complexity index is 291. The van der Waals surface area contributed by atoms with Gasteiger partial charge in [-0.3, -0.25) is 9.69 Å². The van der Waals surface area contributed by atoms with Crippen molar-refractivity contribution in [3.63, 3.8) is 0 Å². The van der Waals surface area contributed by atoms with Crippen molar-refractivity contribution in [1.29, 1.82) is 0 Å². The lowest BCUT2D eigenvalue weighted by molar-refractivity contribution is -0.146. The molecule has 0 aromatic carbocycles. The standard InChI is InChI=1S/C8H12N2O5/c1-2-15-6(11)4-10-5(7(12)13)3-9-8(10)14/h5H,2-4H2,1H3,(H,9,14)(H,12,13)/t5-/m0/s1. The van der Waals surface area contributed by atoms with Crippen LogP contribution in [0.25, 0.3) is 0 Å². The average molecular weight is 216 g/mol.